The number of ether oxygens (including phenoxy) is 1. The van der Waals surface area contributed by atoms with Crippen molar-refractivity contribution in [2.45, 2.75) is 82.4 Å². The molecule has 0 aliphatic rings. The second-order valence-corrected chi connectivity index (χ2v) is 8.93. The molecular weight excluding hydrogens is 407 g/mol. The van der Waals surface area contributed by atoms with Crippen LogP contribution in [0.25, 0.3) is 0 Å². The minimum Gasteiger partial charge on any atom is -0.744 e. The molecule has 0 fully saturated rings. The van der Waals surface area contributed by atoms with Crippen LogP contribution in [-0.4, -0.2) is 13.0 Å². The third kappa shape index (κ3) is 10.5. The zero-order valence-electron chi connectivity index (χ0n) is 18.4. The predicted molar refractivity (Wildman–Crippen MR) is 116 cm³/mol. The van der Waals surface area contributed by atoms with E-state index in [9.17, 15) is 13.0 Å². The number of hydrogen-bond donors (Lipinski definition) is 0. The fraction of sp³-hybridized carbons (Fsp3) is 0.500. The molecule has 0 radical (unpaired) electrons. The van der Waals surface area contributed by atoms with Crippen molar-refractivity contribution < 1.29 is 47.3 Å². The van der Waals surface area contributed by atoms with Crippen molar-refractivity contribution >= 4 is 10.1 Å². The summed E-state index contributed by atoms with van der Waals surface area (Å²) in [5.74, 6) is 0.615. The van der Waals surface area contributed by atoms with Gasteiger partial charge in [-0.05, 0) is 42.7 Å². The van der Waals surface area contributed by atoms with Gasteiger partial charge in [-0.3, -0.25) is 0 Å². The van der Waals surface area contributed by atoms with Crippen LogP contribution >= 0.6 is 0 Å². The van der Waals surface area contributed by atoms with Crippen LogP contribution in [0.3, 0.4) is 0 Å². The van der Waals surface area contributed by atoms with Crippen molar-refractivity contribution in [3.05, 3.63) is 54.1 Å². The fourth-order valence-corrected chi connectivity index (χ4v) is 4.05. The molecule has 160 valence electrons. The number of benzene rings is 2. The molecule has 6 heteroatoms. The number of aryl methyl sites for hydroxylation is 1. The molecule has 0 amide bonds. The summed E-state index contributed by atoms with van der Waals surface area (Å²) in [7, 11) is -4.57. The van der Waals surface area contributed by atoms with E-state index in [1.54, 1.807) is 12.1 Å². The minimum absolute atomic E-state index is 0. The summed E-state index contributed by atoms with van der Waals surface area (Å²) in [6, 6.07) is 13.6. The standard InChI is InChI=1S/C24H34O4S.Na/c1-2-3-4-5-6-7-8-9-10-11-15-21-16-14-17-22(20-21)28-23-18-12-13-19-24(23)29(25,26)27;/h12-14,16-20H,2-11,15H2,1H3,(H,25,26,27);/q;+1/p-1. The van der Waals surface area contributed by atoms with Crippen LogP contribution < -0.4 is 34.3 Å². The molecule has 0 N–H and O–H groups in total. The summed E-state index contributed by atoms with van der Waals surface area (Å²) in [5.41, 5.74) is 1.16. The number of hydrogen-bond acceptors (Lipinski definition) is 4. The van der Waals surface area contributed by atoms with Crippen LogP contribution in [0.4, 0.5) is 0 Å². The van der Waals surface area contributed by atoms with Gasteiger partial charge in [-0.2, -0.15) is 0 Å². The summed E-state index contributed by atoms with van der Waals surface area (Å²) in [6.07, 6.45) is 14.0. The van der Waals surface area contributed by atoms with E-state index < -0.39 is 10.1 Å². The summed E-state index contributed by atoms with van der Waals surface area (Å²) in [4.78, 5) is -0.333. The van der Waals surface area contributed by atoms with Gasteiger partial charge in [-0.15, -0.1) is 0 Å². The van der Waals surface area contributed by atoms with Gasteiger partial charge in [0.15, 0.2) is 0 Å². The molecule has 0 bridgehead atoms. The maximum absolute atomic E-state index is 11.4. The molecule has 2 aromatic carbocycles. The van der Waals surface area contributed by atoms with E-state index in [4.69, 9.17) is 4.74 Å². The Kier molecular flexibility index (Phi) is 13.6. The SMILES string of the molecule is CCCCCCCCCCCCc1cccc(Oc2ccccc2S(=O)(=O)[O-])c1.[Na+]. The summed E-state index contributed by atoms with van der Waals surface area (Å²) in [6.45, 7) is 2.25. The van der Waals surface area contributed by atoms with Gasteiger partial charge in [0.2, 0.25) is 0 Å². The molecule has 0 saturated heterocycles. The molecule has 0 aliphatic carbocycles. The van der Waals surface area contributed by atoms with E-state index >= 15 is 0 Å². The molecule has 0 aliphatic heterocycles. The molecular formula is C24H33NaO4S. The first-order valence-corrected chi connectivity index (χ1v) is 12.2. The van der Waals surface area contributed by atoms with Crippen LogP contribution in [-0.2, 0) is 16.5 Å². The molecule has 0 heterocycles. The van der Waals surface area contributed by atoms with Crippen LogP contribution in [0.1, 0.15) is 76.7 Å². The Morgan fingerprint density at radius 2 is 1.40 bits per heavy atom. The van der Waals surface area contributed by atoms with Crippen LogP contribution in [0, 0.1) is 0 Å². The van der Waals surface area contributed by atoms with Crippen molar-refractivity contribution in [3.63, 3.8) is 0 Å². The molecule has 0 saturated carbocycles. The fourth-order valence-electron chi connectivity index (χ4n) is 3.45. The average Bonchev–Trinajstić information content (AvgIpc) is 2.69. The van der Waals surface area contributed by atoms with E-state index in [0.717, 1.165) is 18.4 Å². The zero-order valence-corrected chi connectivity index (χ0v) is 21.3. The Balaban J connectivity index is 0.00000450. The largest absolute Gasteiger partial charge is 1.00 e. The quantitative estimate of drug-likeness (QED) is 0.254. The summed E-state index contributed by atoms with van der Waals surface area (Å²) < 4.78 is 39.9. The first kappa shape index (κ1) is 27.2. The first-order valence-electron chi connectivity index (χ1n) is 10.8. The van der Waals surface area contributed by atoms with Gasteiger partial charge in [-0.25, -0.2) is 8.42 Å². The van der Waals surface area contributed by atoms with Crippen molar-refractivity contribution in [1.82, 2.24) is 0 Å². The van der Waals surface area contributed by atoms with Crippen LogP contribution in [0.2, 0.25) is 0 Å². The predicted octanol–water partition coefficient (Wildman–Crippen LogP) is 3.85. The smallest absolute Gasteiger partial charge is 0.744 e. The van der Waals surface area contributed by atoms with E-state index in [-0.39, 0.29) is 40.2 Å². The van der Waals surface area contributed by atoms with E-state index in [1.807, 2.05) is 12.1 Å². The normalized spacial score (nSPS) is 11.1. The zero-order chi connectivity index (χ0) is 21.0. The van der Waals surface area contributed by atoms with E-state index in [1.165, 1.54) is 76.0 Å². The third-order valence-corrected chi connectivity index (χ3v) is 5.94. The van der Waals surface area contributed by atoms with Gasteiger partial charge in [0.05, 0.1) is 4.90 Å². The second-order valence-electron chi connectivity index (χ2n) is 7.58. The summed E-state index contributed by atoms with van der Waals surface area (Å²) >= 11 is 0. The van der Waals surface area contributed by atoms with E-state index in [2.05, 4.69) is 13.0 Å². The number of para-hydroxylation sites is 1. The molecule has 0 atom stereocenters. The Morgan fingerprint density at radius 1 is 0.800 bits per heavy atom. The van der Waals surface area contributed by atoms with Crippen molar-refractivity contribution in [2.75, 3.05) is 0 Å². The average molecular weight is 441 g/mol. The molecule has 0 aromatic heterocycles. The van der Waals surface area contributed by atoms with Gasteiger partial charge in [0.25, 0.3) is 0 Å². The molecule has 2 rings (SSSR count). The molecule has 0 unspecified atom stereocenters. The monoisotopic (exact) mass is 440 g/mol. The Bertz CT molecular complexity index is 837. The second kappa shape index (κ2) is 15.0. The van der Waals surface area contributed by atoms with Gasteiger partial charge >= 0.3 is 29.6 Å². The number of unbranched alkanes of at least 4 members (excludes halogenated alkanes) is 9. The minimum atomic E-state index is -4.57. The van der Waals surface area contributed by atoms with Gasteiger partial charge in [-0.1, -0.05) is 89.0 Å². The topological polar surface area (TPSA) is 66.4 Å². The molecule has 4 nitrogen and oxygen atoms in total. The van der Waals surface area contributed by atoms with Crippen LogP contribution in [0.5, 0.6) is 11.5 Å². The Hall–Kier alpha value is -0.850. The van der Waals surface area contributed by atoms with Crippen molar-refractivity contribution in [2.24, 2.45) is 0 Å². The maximum Gasteiger partial charge on any atom is 1.00 e. The van der Waals surface area contributed by atoms with Gasteiger partial charge in [0.1, 0.15) is 21.6 Å². The van der Waals surface area contributed by atoms with Crippen molar-refractivity contribution in [3.8, 4) is 11.5 Å². The van der Waals surface area contributed by atoms with Gasteiger partial charge < -0.3 is 9.29 Å². The number of rotatable bonds is 14. The van der Waals surface area contributed by atoms with Crippen LogP contribution in [0.15, 0.2) is 53.4 Å². The van der Waals surface area contributed by atoms with E-state index in [0.29, 0.717) is 5.75 Å². The van der Waals surface area contributed by atoms with Gasteiger partial charge in [0, 0.05) is 0 Å². The first-order chi connectivity index (χ1) is 14.0. The molecule has 30 heavy (non-hydrogen) atoms. The Morgan fingerprint density at radius 3 is 2.03 bits per heavy atom. The summed E-state index contributed by atoms with van der Waals surface area (Å²) in [5, 5.41) is 0. The van der Waals surface area contributed by atoms with Crippen molar-refractivity contribution in [1.29, 1.82) is 0 Å². The molecule has 0 spiro atoms. The molecule has 2 aromatic rings. The third-order valence-electron chi connectivity index (χ3n) is 5.06. The Labute approximate surface area is 204 Å². The maximum atomic E-state index is 11.4.